The van der Waals surface area contributed by atoms with Crippen molar-refractivity contribution in [1.29, 1.82) is 0 Å². The van der Waals surface area contributed by atoms with E-state index in [0.29, 0.717) is 18.6 Å². The van der Waals surface area contributed by atoms with E-state index in [2.05, 4.69) is 36.4 Å². The van der Waals surface area contributed by atoms with Gasteiger partial charge in [0.25, 0.3) is 0 Å². The van der Waals surface area contributed by atoms with E-state index in [0.717, 1.165) is 19.5 Å². The van der Waals surface area contributed by atoms with Gasteiger partial charge in [-0.15, -0.1) is 0 Å². The molecule has 0 saturated heterocycles. The molecule has 0 bridgehead atoms. The van der Waals surface area contributed by atoms with Crippen molar-refractivity contribution >= 4 is 5.91 Å². The maximum absolute atomic E-state index is 11.6. The first-order chi connectivity index (χ1) is 8.63. The third kappa shape index (κ3) is 5.83. The average molecular weight is 255 g/mol. The van der Waals surface area contributed by atoms with Gasteiger partial charge in [0, 0.05) is 25.2 Å². The van der Waals surface area contributed by atoms with Gasteiger partial charge in [-0.1, -0.05) is 19.8 Å². The molecule has 1 rings (SSSR count). The van der Waals surface area contributed by atoms with Gasteiger partial charge >= 0.3 is 0 Å². The Balaban J connectivity index is 2.02. The number of carbonyl (C=O) groups is 1. The van der Waals surface area contributed by atoms with Gasteiger partial charge in [0.2, 0.25) is 5.91 Å². The molecule has 1 amide bonds. The molecule has 0 heterocycles. The molecule has 18 heavy (non-hydrogen) atoms. The molecule has 0 spiro atoms. The van der Waals surface area contributed by atoms with Crippen molar-refractivity contribution in [2.45, 2.75) is 58.0 Å². The Bertz CT molecular complexity index is 239. The van der Waals surface area contributed by atoms with Crippen molar-refractivity contribution in [3.63, 3.8) is 0 Å². The van der Waals surface area contributed by atoms with Crippen LogP contribution >= 0.6 is 0 Å². The van der Waals surface area contributed by atoms with Crippen LogP contribution in [0.3, 0.4) is 0 Å². The minimum Gasteiger partial charge on any atom is -0.354 e. The molecule has 0 aromatic carbocycles. The van der Waals surface area contributed by atoms with Gasteiger partial charge < -0.3 is 15.5 Å². The van der Waals surface area contributed by atoms with Gasteiger partial charge in [-0.3, -0.25) is 4.79 Å². The summed E-state index contributed by atoms with van der Waals surface area (Å²) in [5.74, 6) is 0.124. The normalized spacial score (nSPS) is 18.2. The molecule has 0 aromatic heterocycles. The lowest BCUT2D eigenvalue weighted by Crippen LogP contribution is -2.41. The minimum atomic E-state index is 0.124. The average Bonchev–Trinajstić information content (AvgIpc) is 2.88. The monoisotopic (exact) mass is 255 g/mol. The van der Waals surface area contributed by atoms with Crippen LogP contribution in [-0.2, 0) is 4.79 Å². The van der Waals surface area contributed by atoms with Crippen LogP contribution in [0.25, 0.3) is 0 Å². The standard InChI is InChI=1S/C14H29N3O/c1-4-12(2)17(3)10-9-15-14(18)11-16-13-7-5-6-8-13/h12-13,16H,4-11H2,1-3H3,(H,15,18). The second-order valence-electron chi connectivity index (χ2n) is 5.45. The van der Waals surface area contributed by atoms with E-state index in [1.165, 1.54) is 25.7 Å². The highest BCUT2D eigenvalue weighted by Gasteiger charge is 2.15. The topological polar surface area (TPSA) is 44.4 Å². The fourth-order valence-electron chi connectivity index (χ4n) is 2.33. The van der Waals surface area contributed by atoms with E-state index < -0.39 is 0 Å². The molecule has 4 nitrogen and oxygen atoms in total. The number of likely N-dealkylation sites (N-methyl/N-ethyl adjacent to an activating group) is 1. The second kappa shape index (κ2) is 8.48. The Labute approximate surface area is 111 Å². The lowest BCUT2D eigenvalue weighted by Gasteiger charge is -2.23. The summed E-state index contributed by atoms with van der Waals surface area (Å²) in [5.41, 5.74) is 0. The number of carbonyl (C=O) groups excluding carboxylic acids is 1. The summed E-state index contributed by atoms with van der Waals surface area (Å²) in [7, 11) is 2.11. The summed E-state index contributed by atoms with van der Waals surface area (Å²) >= 11 is 0. The minimum absolute atomic E-state index is 0.124. The van der Waals surface area contributed by atoms with Gasteiger partial charge in [0.15, 0.2) is 0 Å². The molecule has 0 aliphatic heterocycles. The first-order valence-corrected chi connectivity index (χ1v) is 7.33. The summed E-state index contributed by atoms with van der Waals surface area (Å²) in [6.07, 6.45) is 6.21. The Morgan fingerprint density at radius 2 is 2.06 bits per heavy atom. The summed E-state index contributed by atoms with van der Waals surface area (Å²) in [4.78, 5) is 13.9. The van der Waals surface area contributed by atoms with Gasteiger partial charge in [-0.25, -0.2) is 0 Å². The third-order valence-corrected chi connectivity index (χ3v) is 4.04. The first kappa shape index (κ1) is 15.4. The van der Waals surface area contributed by atoms with E-state index in [-0.39, 0.29) is 5.91 Å². The van der Waals surface area contributed by atoms with Crippen LogP contribution in [-0.4, -0.2) is 49.6 Å². The Hall–Kier alpha value is -0.610. The predicted octanol–water partition coefficient (Wildman–Crippen LogP) is 1.37. The van der Waals surface area contributed by atoms with Gasteiger partial charge in [0.05, 0.1) is 6.54 Å². The van der Waals surface area contributed by atoms with E-state index >= 15 is 0 Å². The highest BCUT2D eigenvalue weighted by molar-refractivity contribution is 5.77. The largest absolute Gasteiger partial charge is 0.354 e. The third-order valence-electron chi connectivity index (χ3n) is 4.04. The van der Waals surface area contributed by atoms with Crippen LogP contribution in [0.1, 0.15) is 46.0 Å². The quantitative estimate of drug-likeness (QED) is 0.688. The molecule has 1 saturated carbocycles. The van der Waals surface area contributed by atoms with Crippen LogP contribution < -0.4 is 10.6 Å². The van der Waals surface area contributed by atoms with E-state index in [4.69, 9.17) is 0 Å². The van der Waals surface area contributed by atoms with Crippen LogP contribution in [0, 0.1) is 0 Å². The summed E-state index contributed by atoms with van der Waals surface area (Å²) in [5, 5.41) is 6.30. The summed E-state index contributed by atoms with van der Waals surface area (Å²) in [6.45, 7) is 6.53. The van der Waals surface area contributed by atoms with E-state index in [1.54, 1.807) is 0 Å². The molecule has 0 aromatic rings. The molecule has 2 N–H and O–H groups in total. The van der Waals surface area contributed by atoms with Crippen molar-refractivity contribution in [1.82, 2.24) is 15.5 Å². The number of nitrogens with one attached hydrogen (secondary N) is 2. The van der Waals surface area contributed by atoms with E-state index in [9.17, 15) is 4.79 Å². The molecule has 1 unspecified atom stereocenters. The SMILES string of the molecule is CCC(C)N(C)CCNC(=O)CNC1CCCC1. The fourth-order valence-corrected chi connectivity index (χ4v) is 2.33. The smallest absolute Gasteiger partial charge is 0.234 e. The van der Waals surface area contributed by atoms with Crippen LogP contribution in [0.2, 0.25) is 0 Å². The van der Waals surface area contributed by atoms with Gasteiger partial charge in [-0.2, -0.15) is 0 Å². The van der Waals surface area contributed by atoms with Crippen molar-refractivity contribution in [2.24, 2.45) is 0 Å². The molecule has 1 aliphatic carbocycles. The number of nitrogens with zero attached hydrogens (tertiary/aromatic N) is 1. The number of amides is 1. The molecule has 0 radical (unpaired) electrons. The van der Waals surface area contributed by atoms with Crippen molar-refractivity contribution < 1.29 is 4.79 Å². The summed E-state index contributed by atoms with van der Waals surface area (Å²) in [6, 6.07) is 1.15. The lowest BCUT2D eigenvalue weighted by molar-refractivity contribution is -0.120. The Kier molecular flexibility index (Phi) is 7.28. The van der Waals surface area contributed by atoms with Gasteiger partial charge in [-0.05, 0) is 33.2 Å². The molecular weight excluding hydrogens is 226 g/mol. The Morgan fingerprint density at radius 1 is 1.39 bits per heavy atom. The maximum atomic E-state index is 11.6. The molecule has 1 aliphatic rings. The molecule has 1 atom stereocenters. The van der Waals surface area contributed by atoms with Crippen molar-refractivity contribution in [2.75, 3.05) is 26.7 Å². The molecular formula is C14H29N3O. The van der Waals surface area contributed by atoms with Crippen LogP contribution in [0.4, 0.5) is 0 Å². The van der Waals surface area contributed by atoms with Crippen LogP contribution in [0.15, 0.2) is 0 Å². The molecule has 4 heteroatoms. The number of hydrogen-bond acceptors (Lipinski definition) is 3. The molecule has 106 valence electrons. The van der Waals surface area contributed by atoms with Gasteiger partial charge in [0.1, 0.15) is 0 Å². The maximum Gasteiger partial charge on any atom is 0.234 e. The zero-order valence-corrected chi connectivity index (χ0v) is 12.2. The highest BCUT2D eigenvalue weighted by atomic mass is 16.1. The fraction of sp³-hybridized carbons (Fsp3) is 0.929. The lowest BCUT2D eigenvalue weighted by atomic mass is 10.2. The second-order valence-corrected chi connectivity index (χ2v) is 5.45. The van der Waals surface area contributed by atoms with Crippen molar-refractivity contribution in [3.8, 4) is 0 Å². The van der Waals surface area contributed by atoms with Crippen LogP contribution in [0.5, 0.6) is 0 Å². The predicted molar refractivity (Wildman–Crippen MR) is 75.7 cm³/mol. The Morgan fingerprint density at radius 3 is 2.67 bits per heavy atom. The van der Waals surface area contributed by atoms with E-state index in [1.807, 2.05) is 0 Å². The van der Waals surface area contributed by atoms with Crippen molar-refractivity contribution in [3.05, 3.63) is 0 Å². The zero-order chi connectivity index (χ0) is 13.4. The number of rotatable bonds is 8. The summed E-state index contributed by atoms with van der Waals surface area (Å²) < 4.78 is 0. The zero-order valence-electron chi connectivity index (χ0n) is 12.2. The number of hydrogen-bond donors (Lipinski definition) is 2. The highest BCUT2D eigenvalue weighted by Crippen LogP contribution is 2.17. The first-order valence-electron chi connectivity index (χ1n) is 7.33. The molecule has 1 fully saturated rings.